The van der Waals surface area contributed by atoms with Crippen LogP contribution < -0.4 is 0 Å². The fourth-order valence-corrected chi connectivity index (χ4v) is 19.5. The number of carbonyl (C=O) groups is 2. The first kappa shape index (κ1) is 79.6. The van der Waals surface area contributed by atoms with Crippen molar-refractivity contribution in [1.29, 1.82) is 0 Å². The molecule has 7 saturated heterocycles. The van der Waals surface area contributed by atoms with Crippen LogP contribution in [0.3, 0.4) is 0 Å². The average Bonchev–Trinajstić information content (AvgIpc) is 1.53. The lowest BCUT2D eigenvalue weighted by Crippen LogP contribution is -2.67. The maximum Gasteiger partial charge on any atom is 0.313 e. The third-order valence-corrected chi connectivity index (χ3v) is 24.8. The van der Waals surface area contributed by atoms with Gasteiger partial charge in [0.05, 0.1) is 51.2 Å². The zero-order valence-electron chi connectivity index (χ0n) is 58.9. The molecule has 0 bridgehead atoms. The quantitative estimate of drug-likeness (QED) is 0.0344. The minimum Gasteiger partial charge on any atom is -0.462 e. The van der Waals surface area contributed by atoms with Gasteiger partial charge >= 0.3 is 11.9 Å². The smallest absolute Gasteiger partial charge is 0.313 e. The number of allylic oxidation sites excluding steroid dienone is 2. The molecule has 11 aliphatic rings. The third kappa shape index (κ3) is 14.3. The van der Waals surface area contributed by atoms with Gasteiger partial charge in [-0.3, -0.25) is 9.59 Å². The van der Waals surface area contributed by atoms with Crippen molar-refractivity contribution in [2.75, 3.05) is 53.9 Å². The summed E-state index contributed by atoms with van der Waals surface area (Å²) in [7, 11) is 2.36. The minimum atomic E-state index is -2.06. The summed E-state index contributed by atoms with van der Waals surface area (Å²) in [6.45, 7) is 11.9. The first-order valence-electron chi connectivity index (χ1n) is 35.6. The topological polar surface area (TPSA) is 485 Å². The average molecular weight is 1460 g/mol. The highest BCUT2D eigenvalue weighted by molar-refractivity contribution is 5.83. The lowest BCUT2D eigenvalue weighted by atomic mass is 9.41. The number of rotatable bonds is 23. The Bertz CT molecular complexity index is 2820. The molecule has 0 radical (unpaired) electrons. The molecule has 3 saturated carbocycles. The molecular weight excluding hydrogens is 1340 g/mol. The Morgan fingerprint density at radius 3 is 1.48 bits per heavy atom. The Balaban J connectivity index is 0.827. The second-order valence-corrected chi connectivity index (χ2v) is 31.4. The number of esters is 2. The molecule has 33 nitrogen and oxygen atoms in total. The highest BCUT2D eigenvalue weighted by Crippen LogP contribution is 2.76. The Morgan fingerprint density at radius 1 is 0.525 bits per heavy atom. The molecule has 580 valence electrons. The van der Waals surface area contributed by atoms with Gasteiger partial charge in [0.15, 0.2) is 37.7 Å². The molecular formula is C68H110O33. The van der Waals surface area contributed by atoms with E-state index >= 15 is 0 Å². The van der Waals surface area contributed by atoms with Gasteiger partial charge in [0.25, 0.3) is 0 Å². The molecule has 37 atom stereocenters. The number of aliphatic hydroxyl groups excluding tert-OH is 15. The largest absolute Gasteiger partial charge is 0.462 e. The van der Waals surface area contributed by atoms with Gasteiger partial charge in [-0.1, -0.05) is 53.2 Å². The van der Waals surface area contributed by atoms with Crippen LogP contribution in [0.2, 0.25) is 0 Å². The Morgan fingerprint density at radius 2 is 0.990 bits per heavy atom. The summed E-state index contributed by atoms with van der Waals surface area (Å²) in [5.74, 6) is -0.393. The van der Waals surface area contributed by atoms with E-state index in [1.54, 1.807) is 0 Å². The van der Waals surface area contributed by atoms with Gasteiger partial charge in [0, 0.05) is 38.9 Å². The molecule has 11 rings (SSSR count). The maximum absolute atomic E-state index is 14.8. The normalized spacial score (nSPS) is 50.9. The van der Waals surface area contributed by atoms with Crippen molar-refractivity contribution in [1.82, 2.24) is 0 Å². The molecule has 15 N–H and O–H groups in total. The van der Waals surface area contributed by atoms with E-state index in [2.05, 4.69) is 47.6 Å². The summed E-state index contributed by atoms with van der Waals surface area (Å²) in [6.07, 6.45) is -40.7. The van der Waals surface area contributed by atoms with Crippen LogP contribution in [0.15, 0.2) is 11.6 Å². The van der Waals surface area contributed by atoms with E-state index in [9.17, 15) is 86.2 Å². The first-order valence-corrected chi connectivity index (χ1v) is 35.6. The molecule has 0 amide bonds. The Kier molecular flexibility index (Phi) is 24.6. The van der Waals surface area contributed by atoms with Crippen molar-refractivity contribution in [2.24, 2.45) is 45.3 Å². The number of carbonyl (C=O) groups excluding carboxylic acids is 2. The van der Waals surface area contributed by atoms with Crippen LogP contribution in [-0.4, -0.2) is 332 Å². The van der Waals surface area contributed by atoms with Crippen LogP contribution >= 0.6 is 0 Å². The molecule has 7 aliphatic heterocycles. The number of hydrogen-bond acceptors (Lipinski definition) is 33. The Labute approximate surface area is 585 Å². The molecule has 33 heteroatoms. The predicted molar refractivity (Wildman–Crippen MR) is 337 cm³/mol. The molecule has 101 heavy (non-hydrogen) atoms. The van der Waals surface area contributed by atoms with Crippen molar-refractivity contribution >= 4 is 11.9 Å². The number of cyclic esters (lactones) is 1. The van der Waals surface area contributed by atoms with E-state index in [0.717, 1.165) is 19.3 Å². The SMILES string of the molecule is CO[C@@H]1[C@@H](O)[C@H](O[C@@H]2[C@@H](O)[C@H](O[C@@H]3CO[C@@H](O[C@H]4[C@H](O[C@H]5CC[C@]6(C)[C@@H]7CC[C@]89C(=O)O[C@@](C)(C[C@H](CC(C)C)OC(C)=O)[C@H]8CC[C@@]9(C)C7=CC[C@H]6C5(C)C)OC[C@@H](O[C@@H]5O[C@H](CO)[C@@H](O)[C@H](O[C@@H]6O[C@H](CO)[C@@H](O)[C@H](OC)[C@H]6O)[C@H]5O)[C@@H]4O)[C@H](O)[C@H]3O)O[C@H](CO)[C@H]2O)O[C@H](CO)[C@H]1O. The predicted octanol–water partition coefficient (Wildman–Crippen LogP) is -3.85. The molecule has 4 aliphatic carbocycles. The van der Waals surface area contributed by atoms with Crippen LogP contribution in [0.25, 0.3) is 0 Å². The van der Waals surface area contributed by atoms with Crippen molar-refractivity contribution in [3.05, 3.63) is 11.6 Å². The molecule has 0 unspecified atom stereocenters. The lowest BCUT2D eigenvalue weighted by molar-refractivity contribution is -0.392. The highest BCUT2D eigenvalue weighted by atomic mass is 16.8. The highest BCUT2D eigenvalue weighted by Gasteiger charge is 2.77. The third-order valence-electron chi connectivity index (χ3n) is 24.8. The summed E-state index contributed by atoms with van der Waals surface area (Å²) in [5.41, 5.74) is -1.86. The fourth-order valence-electron chi connectivity index (χ4n) is 19.5. The number of aliphatic hydroxyl groups is 15. The monoisotopic (exact) mass is 1450 g/mol. The van der Waals surface area contributed by atoms with Gasteiger partial charge in [0.1, 0.15) is 146 Å². The molecule has 10 fully saturated rings. The van der Waals surface area contributed by atoms with Gasteiger partial charge in [-0.05, 0) is 86.9 Å². The van der Waals surface area contributed by atoms with E-state index < -0.39 is 246 Å². The standard InChI is InChI=1S/C68H110O33/c1-27(2)19-29(90-28(3)73)20-67(8)39-14-17-66(7)31-11-12-38-64(4,5)40(15-16-65(38,6)30(31)13-18-68(39,66)63(85)101-67)97-62-56(46(79)37(26-89-62)96-59-51(84)55(45(78)35(24-72)92-59)99-61-49(82)53(87-10)43(76)33(22-70)94-61)100-57-47(80)41(74)36(25-88-57)95-58-50(83)54(44(77)34(23-71)91-58)98-60-48(81)52(86-9)42(75)32(21-69)93-60/h11,27,29-30,32-62,69-72,74-84H,12-26H2,1-10H3/t29-,30+,32+,33+,34+,35+,36+,37+,38-,39+,40-,41-,42+,43+,44+,45+,46-,47+,48+,49+,50+,51+,52-,53-,54-,55-,56+,57-,58-,59-,60-,61-,62-,65+,66-,67-,68+/m0/s1. The van der Waals surface area contributed by atoms with Gasteiger partial charge in [-0.15, -0.1) is 0 Å². The summed E-state index contributed by atoms with van der Waals surface area (Å²) in [5, 5.41) is 167. The van der Waals surface area contributed by atoms with Gasteiger partial charge in [-0.2, -0.15) is 0 Å². The lowest BCUT2D eigenvalue weighted by Gasteiger charge is -2.64. The number of hydrogen-bond donors (Lipinski definition) is 15. The zero-order valence-corrected chi connectivity index (χ0v) is 58.9. The summed E-state index contributed by atoms with van der Waals surface area (Å²) >= 11 is 0. The first-order chi connectivity index (χ1) is 47.7. The van der Waals surface area contributed by atoms with Crippen LogP contribution in [0.5, 0.6) is 0 Å². The van der Waals surface area contributed by atoms with E-state index in [1.165, 1.54) is 26.7 Å². The molecule has 0 aromatic carbocycles. The minimum absolute atomic E-state index is 0.0273. The van der Waals surface area contributed by atoms with Gasteiger partial charge in [-0.25, -0.2) is 0 Å². The number of fused-ring (bicyclic) bond motifs is 4. The van der Waals surface area contributed by atoms with Crippen LogP contribution in [-0.2, 0) is 85.4 Å². The number of ether oxygens (including phenoxy) is 16. The van der Waals surface area contributed by atoms with E-state index in [0.29, 0.717) is 38.5 Å². The van der Waals surface area contributed by atoms with Crippen molar-refractivity contribution in [2.45, 2.75) is 303 Å². The molecule has 0 aromatic heterocycles. The van der Waals surface area contributed by atoms with E-state index in [-0.39, 0.29) is 41.0 Å². The Hall–Kier alpha value is -2.48. The second-order valence-electron chi connectivity index (χ2n) is 31.4. The second kappa shape index (κ2) is 31.2. The molecule has 7 heterocycles. The van der Waals surface area contributed by atoms with E-state index in [4.69, 9.17) is 75.8 Å². The zero-order chi connectivity index (χ0) is 73.5. The van der Waals surface area contributed by atoms with Crippen LogP contribution in [0.1, 0.15) is 113 Å². The van der Waals surface area contributed by atoms with Crippen molar-refractivity contribution in [3.63, 3.8) is 0 Å². The summed E-state index contributed by atoms with van der Waals surface area (Å²) < 4.78 is 95.7. The van der Waals surface area contributed by atoms with Crippen LogP contribution in [0, 0.1) is 45.3 Å². The van der Waals surface area contributed by atoms with Crippen molar-refractivity contribution in [3.8, 4) is 0 Å². The summed E-state index contributed by atoms with van der Waals surface area (Å²) in [4.78, 5) is 27.1. The van der Waals surface area contributed by atoms with Crippen LogP contribution in [0.4, 0.5) is 0 Å². The maximum atomic E-state index is 14.8. The molecule has 0 aromatic rings. The molecule has 1 spiro atoms. The van der Waals surface area contributed by atoms with Crippen molar-refractivity contribution < 1.29 is 162 Å². The van der Waals surface area contributed by atoms with Gasteiger partial charge in [0.2, 0.25) is 0 Å². The van der Waals surface area contributed by atoms with E-state index in [1.807, 2.05) is 6.92 Å². The van der Waals surface area contributed by atoms with Gasteiger partial charge < -0.3 is 152 Å². The number of methoxy groups -OCH3 is 2. The fraction of sp³-hybridized carbons (Fsp3) is 0.941. The summed E-state index contributed by atoms with van der Waals surface area (Å²) in [6, 6.07) is 0.